The fourth-order valence-electron chi connectivity index (χ4n) is 4.23. The van der Waals surface area contributed by atoms with Crippen molar-refractivity contribution in [2.75, 3.05) is 11.4 Å². The number of rotatable bonds is 4. The number of aromatic nitrogens is 2. The van der Waals surface area contributed by atoms with Gasteiger partial charge in [0.25, 0.3) is 5.91 Å². The number of hydrazone groups is 1. The Hall–Kier alpha value is -3.43. The molecular weight excluding hydrogens is 406 g/mol. The van der Waals surface area contributed by atoms with Crippen molar-refractivity contribution in [3.05, 3.63) is 53.5 Å². The summed E-state index contributed by atoms with van der Waals surface area (Å²) < 4.78 is 27.3. The summed E-state index contributed by atoms with van der Waals surface area (Å²) in [7, 11) is 0. The number of nitrogens with two attached hydrogens (primary N) is 1. The Labute approximate surface area is 177 Å². The molecule has 1 fully saturated rings. The average Bonchev–Trinajstić information content (AvgIpc) is 3.22. The molecule has 0 aliphatic carbocycles. The highest BCUT2D eigenvalue weighted by Crippen LogP contribution is 2.34. The summed E-state index contributed by atoms with van der Waals surface area (Å²) in [5.41, 5.74) is 5.81. The topological polar surface area (TPSA) is 105 Å². The lowest BCUT2D eigenvalue weighted by atomic mass is 9.90. The molecule has 162 valence electrons. The van der Waals surface area contributed by atoms with Crippen LogP contribution >= 0.6 is 0 Å². The van der Waals surface area contributed by atoms with Crippen LogP contribution in [0, 0.1) is 17.6 Å². The molecule has 2 aromatic rings. The van der Waals surface area contributed by atoms with E-state index in [1.54, 1.807) is 12.3 Å². The molecule has 0 spiro atoms. The zero-order valence-electron chi connectivity index (χ0n) is 16.9. The molecule has 2 aliphatic rings. The number of piperidine rings is 1. The highest BCUT2D eigenvalue weighted by molar-refractivity contribution is 5.91. The van der Waals surface area contributed by atoms with Crippen molar-refractivity contribution in [2.24, 2.45) is 16.8 Å². The van der Waals surface area contributed by atoms with Crippen LogP contribution in [-0.2, 0) is 4.79 Å². The fraction of sp³-hybridized carbons (Fsp3) is 0.381. The largest absolute Gasteiger partial charge is 0.364 e. The molecule has 4 rings (SSSR count). The Morgan fingerprint density at radius 2 is 1.87 bits per heavy atom. The van der Waals surface area contributed by atoms with Crippen molar-refractivity contribution >= 4 is 23.8 Å². The maximum absolute atomic E-state index is 13.7. The van der Waals surface area contributed by atoms with Crippen LogP contribution in [0.3, 0.4) is 0 Å². The Kier molecular flexibility index (Phi) is 5.62. The normalized spacial score (nSPS) is 23.3. The van der Waals surface area contributed by atoms with Gasteiger partial charge in [-0.1, -0.05) is 0 Å². The summed E-state index contributed by atoms with van der Waals surface area (Å²) >= 11 is 0. The van der Waals surface area contributed by atoms with E-state index in [4.69, 9.17) is 5.73 Å². The zero-order valence-corrected chi connectivity index (χ0v) is 16.9. The molecular formula is C21H22F2N6O2. The van der Waals surface area contributed by atoms with E-state index in [0.717, 1.165) is 6.07 Å². The number of anilines is 1. The van der Waals surface area contributed by atoms with Crippen LogP contribution in [0.4, 0.5) is 14.6 Å². The maximum atomic E-state index is 13.7. The number of halogens is 2. The molecule has 0 unspecified atom stereocenters. The second-order valence-corrected chi connectivity index (χ2v) is 7.82. The molecule has 1 aromatic carbocycles. The van der Waals surface area contributed by atoms with E-state index < -0.39 is 23.6 Å². The van der Waals surface area contributed by atoms with Gasteiger partial charge in [-0.2, -0.15) is 5.10 Å². The van der Waals surface area contributed by atoms with E-state index in [1.807, 2.05) is 11.8 Å². The summed E-state index contributed by atoms with van der Waals surface area (Å²) in [6.07, 6.45) is 4.39. The molecule has 2 amide bonds. The average molecular weight is 428 g/mol. The molecule has 31 heavy (non-hydrogen) atoms. The lowest BCUT2D eigenvalue weighted by Crippen LogP contribution is -2.46. The van der Waals surface area contributed by atoms with Crippen LogP contribution in [0.15, 0.2) is 35.7 Å². The molecule has 3 heterocycles. The van der Waals surface area contributed by atoms with Crippen molar-refractivity contribution in [3.8, 4) is 0 Å². The molecule has 0 radical (unpaired) electrons. The molecule has 3 atom stereocenters. The van der Waals surface area contributed by atoms with Crippen molar-refractivity contribution in [2.45, 2.75) is 38.3 Å². The van der Waals surface area contributed by atoms with Gasteiger partial charge in [0, 0.05) is 43.3 Å². The van der Waals surface area contributed by atoms with Gasteiger partial charge in [0.2, 0.25) is 5.91 Å². The third kappa shape index (κ3) is 4.23. The third-order valence-corrected chi connectivity index (χ3v) is 5.75. The fourth-order valence-corrected chi connectivity index (χ4v) is 4.23. The molecule has 0 saturated carbocycles. The van der Waals surface area contributed by atoms with E-state index in [1.165, 1.54) is 23.5 Å². The Morgan fingerprint density at radius 3 is 2.55 bits per heavy atom. The zero-order chi connectivity index (χ0) is 22.1. The Balaban J connectivity index is 1.47. The van der Waals surface area contributed by atoms with Crippen molar-refractivity contribution < 1.29 is 18.4 Å². The molecule has 1 aromatic heterocycles. The van der Waals surface area contributed by atoms with E-state index >= 15 is 0 Å². The first-order chi connectivity index (χ1) is 14.8. The first kappa shape index (κ1) is 20.8. The summed E-state index contributed by atoms with van der Waals surface area (Å²) in [5.74, 6) is -1.88. The van der Waals surface area contributed by atoms with Gasteiger partial charge in [-0.25, -0.2) is 23.8 Å². The van der Waals surface area contributed by atoms with E-state index in [9.17, 15) is 18.4 Å². The lowest BCUT2D eigenvalue weighted by molar-refractivity contribution is -0.138. The highest BCUT2D eigenvalue weighted by atomic mass is 19.1. The smallest absolute Gasteiger partial charge is 0.267 e. The number of amides is 2. The molecule has 2 aliphatic heterocycles. The van der Waals surface area contributed by atoms with E-state index in [2.05, 4.69) is 15.1 Å². The minimum atomic E-state index is -0.684. The minimum Gasteiger partial charge on any atom is -0.364 e. The predicted molar refractivity (Wildman–Crippen MR) is 109 cm³/mol. The Bertz CT molecular complexity index is 1030. The standard InChI is InChI=1S/C21H22F2N6O2/c1-12-6-13(3-5-28(12)19-10-17(20(24)30)25-11-26-19)21(31)29-18(2-4-27-29)14-7-15(22)9-16(23)8-14/h4,7-13,18H,2-3,5-6H2,1H3,(H2,24,30)/t12-,13-,18-/m1/s1. The molecule has 1 saturated heterocycles. The summed E-state index contributed by atoms with van der Waals surface area (Å²) in [5, 5.41) is 5.53. The predicted octanol–water partition coefficient (Wildman–Crippen LogP) is 2.42. The summed E-state index contributed by atoms with van der Waals surface area (Å²) in [6, 6.07) is 4.26. The van der Waals surface area contributed by atoms with Gasteiger partial charge < -0.3 is 10.6 Å². The van der Waals surface area contributed by atoms with Crippen LogP contribution in [0.2, 0.25) is 0 Å². The van der Waals surface area contributed by atoms with Crippen LogP contribution < -0.4 is 10.6 Å². The maximum Gasteiger partial charge on any atom is 0.267 e. The quantitative estimate of drug-likeness (QED) is 0.805. The van der Waals surface area contributed by atoms with E-state index in [-0.39, 0.29) is 23.6 Å². The molecule has 8 nitrogen and oxygen atoms in total. The number of carbonyl (C=O) groups excluding carboxylic acids is 2. The second-order valence-electron chi connectivity index (χ2n) is 7.82. The number of hydrogen-bond donors (Lipinski definition) is 1. The Morgan fingerprint density at radius 1 is 1.13 bits per heavy atom. The number of hydrogen-bond acceptors (Lipinski definition) is 6. The number of carbonyl (C=O) groups is 2. The highest BCUT2D eigenvalue weighted by Gasteiger charge is 2.37. The summed E-state index contributed by atoms with van der Waals surface area (Å²) in [4.78, 5) is 34.7. The van der Waals surface area contributed by atoms with Crippen LogP contribution in [0.5, 0.6) is 0 Å². The van der Waals surface area contributed by atoms with Gasteiger partial charge in [0.1, 0.15) is 29.5 Å². The van der Waals surface area contributed by atoms with Crippen molar-refractivity contribution in [1.29, 1.82) is 0 Å². The van der Waals surface area contributed by atoms with Gasteiger partial charge in [0.15, 0.2) is 0 Å². The SMILES string of the molecule is C[C@@H]1C[C@H](C(=O)N2N=CC[C@@H]2c2cc(F)cc(F)c2)CCN1c1cc(C(N)=O)ncn1. The van der Waals surface area contributed by atoms with Crippen LogP contribution in [0.1, 0.15) is 48.3 Å². The van der Waals surface area contributed by atoms with Crippen molar-refractivity contribution in [3.63, 3.8) is 0 Å². The monoisotopic (exact) mass is 428 g/mol. The molecule has 0 bridgehead atoms. The first-order valence-corrected chi connectivity index (χ1v) is 10.0. The number of primary amides is 1. The molecule has 10 heteroatoms. The minimum absolute atomic E-state index is 0.0324. The van der Waals surface area contributed by atoms with Gasteiger partial charge in [0.05, 0.1) is 6.04 Å². The number of nitrogens with zero attached hydrogens (tertiary/aromatic N) is 5. The number of benzene rings is 1. The van der Waals surface area contributed by atoms with E-state index in [0.29, 0.717) is 37.2 Å². The van der Waals surface area contributed by atoms with Gasteiger partial charge in [-0.15, -0.1) is 0 Å². The van der Waals surface area contributed by atoms with Gasteiger partial charge in [-0.3, -0.25) is 9.59 Å². The van der Waals surface area contributed by atoms with Crippen LogP contribution in [-0.4, -0.2) is 45.6 Å². The van der Waals surface area contributed by atoms with Crippen LogP contribution in [0.25, 0.3) is 0 Å². The lowest BCUT2D eigenvalue weighted by Gasteiger charge is -2.39. The van der Waals surface area contributed by atoms with Gasteiger partial charge in [-0.05, 0) is 37.5 Å². The third-order valence-electron chi connectivity index (χ3n) is 5.75. The summed E-state index contributed by atoms with van der Waals surface area (Å²) in [6.45, 7) is 2.52. The first-order valence-electron chi connectivity index (χ1n) is 10.0. The van der Waals surface area contributed by atoms with Crippen molar-refractivity contribution in [1.82, 2.24) is 15.0 Å². The second kappa shape index (κ2) is 8.37. The molecule has 2 N–H and O–H groups in total. The van der Waals surface area contributed by atoms with Gasteiger partial charge >= 0.3 is 0 Å².